The SMILES string of the molecule is N#CC(=Cn1cnc(-c2cc(CF)cc(C(F)(F)F)c2)n1)c1ccccn1. The first kappa shape index (κ1) is 18.3. The fourth-order valence-corrected chi connectivity index (χ4v) is 2.34. The van der Waals surface area contributed by atoms with Gasteiger partial charge in [-0.25, -0.2) is 14.1 Å². The van der Waals surface area contributed by atoms with Crippen LogP contribution in [0.3, 0.4) is 0 Å². The van der Waals surface area contributed by atoms with Gasteiger partial charge < -0.3 is 0 Å². The fourth-order valence-electron chi connectivity index (χ4n) is 2.34. The van der Waals surface area contributed by atoms with Gasteiger partial charge in [0.25, 0.3) is 0 Å². The molecular formula is C18H11F4N5. The van der Waals surface area contributed by atoms with E-state index in [1.807, 2.05) is 6.07 Å². The van der Waals surface area contributed by atoms with Crippen LogP contribution in [0.4, 0.5) is 17.6 Å². The van der Waals surface area contributed by atoms with Crippen LogP contribution in [-0.4, -0.2) is 19.7 Å². The van der Waals surface area contributed by atoms with Crippen LogP contribution in [0.5, 0.6) is 0 Å². The Morgan fingerprint density at radius 3 is 2.63 bits per heavy atom. The molecule has 136 valence electrons. The Hall–Kier alpha value is -3.54. The van der Waals surface area contributed by atoms with E-state index in [0.717, 1.165) is 12.1 Å². The molecule has 0 N–H and O–H groups in total. The number of nitriles is 1. The van der Waals surface area contributed by atoms with Crippen LogP contribution in [0.2, 0.25) is 0 Å². The van der Waals surface area contributed by atoms with E-state index in [1.54, 1.807) is 18.2 Å². The minimum Gasteiger partial charge on any atom is -0.255 e. The van der Waals surface area contributed by atoms with Crippen molar-refractivity contribution in [2.75, 3.05) is 0 Å². The molecule has 1 aromatic carbocycles. The molecule has 0 bridgehead atoms. The summed E-state index contributed by atoms with van der Waals surface area (Å²) in [5.41, 5.74) is -0.471. The molecule has 3 aromatic rings. The standard InChI is InChI=1S/C18H11F4N5/c19-8-12-5-13(7-15(6-12)18(20,21)22)17-25-11-27(26-17)10-14(9-23)16-3-1-2-4-24-16/h1-7,10-11H,8H2. The molecule has 0 aliphatic rings. The number of benzene rings is 1. The number of alkyl halides is 4. The van der Waals surface area contributed by atoms with Gasteiger partial charge in [-0.3, -0.25) is 4.98 Å². The fraction of sp³-hybridized carbons (Fsp3) is 0.111. The molecule has 0 unspecified atom stereocenters. The lowest BCUT2D eigenvalue weighted by atomic mass is 10.1. The molecule has 9 heteroatoms. The van der Waals surface area contributed by atoms with Crippen LogP contribution >= 0.6 is 0 Å². The molecule has 0 aliphatic carbocycles. The minimum absolute atomic E-state index is 0.0228. The third kappa shape index (κ3) is 4.17. The molecule has 0 spiro atoms. The highest BCUT2D eigenvalue weighted by Crippen LogP contribution is 2.33. The number of hydrogen-bond acceptors (Lipinski definition) is 4. The first-order valence-corrected chi connectivity index (χ1v) is 7.62. The lowest BCUT2D eigenvalue weighted by molar-refractivity contribution is -0.137. The molecular weight excluding hydrogens is 362 g/mol. The zero-order valence-corrected chi connectivity index (χ0v) is 13.7. The van der Waals surface area contributed by atoms with Crippen molar-refractivity contribution in [1.29, 1.82) is 5.26 Å². The molecule has 0 atom stereocenters. The van der Waals surface area contributed by atoms with Crippen molar-refractivity contribution in [3.05, 3.63) is 65.7 Å². The van der Waals surface area contributed by atoms with Gasteiger partial charge >= 0.3 is 6.18 Å². The van der Waals surface area contributed by atoms with E-state index >= 15 is 0 Å². The first-order chi connectivity index (χ1) is 12.9. The quantitative estimate of drug-likeness (QED) is 0.504. The zero-order chi connectivity index (χ0) is 19.4. The Kier molecular flexibility index (Phi) is 4.98. The molecule has 5 nitrogen and oxygen atoms in total. The van der Waals surface area contributed by atoms with E-state index in [4.69, 9.17) is 0 Å². The number of halogens is 4. The van der Waals surface area contributed by atoms with Crippen molar-refractivity contribution >= 4 is 11.8 Å². The van der Waals surface area contributed by atoms with Crippen molar-refractivity contribution in [3.8, 4) is 17.5 Å². The Labute approximate surface area is 151 Å². The summed E-state index contributed by atoms with van der Waals surface area (Å²) in [4.78, 5) is 8.01. The summed E-state index contributed by atoms with van der Waals surface area (Å²) in [5.74, 6) is -0.0228. The van der Waals surface area contributed by atoms with Gasteiger partial charge in [0.15, 0.2) is 5.82 Å². The highest BCUT2D eigenvalue weighted by Gasteiger charge is 2.31. The number of rotatable bonds is 4. The van der Waals surface area contributed by atoms with Crippen LogP contribution in [0.25, 0.3) is 23.2 Å². The molecule has 0 saturated heterocycles. The Balaban J connectivity index is 1.99. The van der Waals surface area contributed by atoms with Gasteiger partial charge in [0, 0.05) is 11.8 Å². The van der Waals surface area contributed by atoms with E-state index in [2.05, 4.69) is 15.1 Å². The normalized spacial score (nSPS) is 12.0. The van der Waals surface area contributed by atoms with E-state index < -0.39 is 18.4 Å². The molecule has 0 fully saturated rings. The van der Waals surface area contributed by atoms with E-state index in [-0.39, 0.29) is 22.5 Å². The maximum atomic E-state index is 13.0. The van der Waals surface area contributed by atoms with Gasteiger partial charge in [-0.1, -0.05) is 6.07 Å². The topological polar surface area (TPSA) is 67.4 Å². The summed E-state index contributed by atoms with van der Waals surface area (Å²) in [5, 5.41) is 13.3. The number of hydrogen-bond donors (Lipinski definition) is 0. The third-order valence-electron chi connectivity index (χ3n) is 3.56. The second-order valence-corrected chi connectivity index (χ2v) is 5.47. The summed E-state index contributed by atoms with van der Waals surface area (Å²) in [6.45, 7) is -1.05. The van der Waals surface area contributed by atoms with Gasteiger partial charge in [-0.2, -0.15) is 18.4 Å². The van der Waals surface area contributed by atoms with Crippen molar-refractivity contribution in [2.45, 2.75) is 12.9 Å². The van der Waals surface area contributed by atoms with E-state index in [9.17, 15) is 22.8 Å². The number of aromatic nitrogens is 4. The van der Waals surface area contributed by atoms with Crippen LogP contribution in [0, 0.1) is 11.3 Å². The lowest BCUT2D eigenvalue weighted by Gasteiger charge is -2.09. The summed E-state index contributed by atoms with van der Waals surface area (Å²) in [6.07, 6.45) is -0.503. The predicted octanol–water partition coefficient (Wildman–Crippen LogP) is 4.35. The summed E-state index contributed by atoms with van der Waals surface area (Å²) in [7, 11) is 0. The van der Waals surface area contributed by atoms with Gasteiger partial charge in [-0.05, 0) is 35.9 Å². The smallest absolute Gasteiger partial charge is 0.255 e. The molecule has 2 heterocycles. The largest absolute Gasteiger partial charge is 0.416 e. The van der Waals surface area contributed by atoms with Gasteiger partial charge in [0.1, 0.15) is 19.1 Å². The Bertz CT molecular complexity index is 1020. The average Bonchev–Trinajstić information content (AvgIpc) is 3.14. The predicted molar refractivity (Wildman–Crippen MR) is 89.3 cm³/mol. The zero-order valence-electron chi connectivity index (χ0n) is 13.7. The molecule has 2 aromatic heterocycles. The van der Waals surface area contributed by atoms with Crippen LogP contribution in [0.15, 0.2) is 48.9 Å². The highest BCUT2D eigenvalue weighted by atomic mass is 19.4. The number of nitrogens with zero attached hydrogens (tertiary/aromatic N) is 5. The summed E-state index contributed by atoms with van der Waals surface area (Å²) in [6, 6.07) is 9.86. The minimum atomic E-state index is -4.62. The van der Waals surface area contributed by atoms with Crippen LogP contribution < -0.4 is 0 Å². The van der Waals surface area contributed by atoms with Crippen molar-refractivity contribution in [3.63, 3.8) is 0 Å². The number of allylic oxidation sites excluding steroid dienone is 1. The van der Waals surface area contributed by atoms with Gasteiger partial charge in [-0.15, -0.1) is 5.10 Å². The maximum Gasteiger partial charge on any atom is 0.416 e. The maximum absolute atomic E-state index is 13.0. The van der Waals surface area contributed by atoms with Gasteiger partial charge in [0.2, 0.25) is 0 Å². The van der Waals surface area contributed by atoms with Crippen LogP contribution in [0.1, 0.15) is 16.8 Å². The second kappa shape index (κ2) is 7.37. The van der Waals surface area contributed by atoms with Crippen molar-refractivity contribution in [2.24, 2.45) is 0 Å². The lowest BCUT2D eigenvalue weighted by Crippen LogP contribution is -2.06. The highest BCUT2D eigenvalue weighted by molar-refractivity contribution is 5.83. The van der Waals surface area contributed by atoms with Gasteiger partial charge in [0.05, 0.1) is 23.0 Å². The Morgan fingerprint density at radius 2 is 2.00 bits per heavy atom. The van der Waals surface area contributed by atoms with Crippen molar-refractivity contribution < 1.29 is 17.6 Å². The molecule has 27 heavy (non-hydrogen) atoms. The molecule has 0 saturated carbocycles. The summed E-state index contributed by atoms with van der Waals surface area (Å²) >= 11 is 0. The van der Waals surface area contributed by atoms with Crippen LogP contribution in [-0.2, 0) is 12.9 Å². The first-order valence-electron chi connectivity index (χ1n) is 7.62. The van der Waals surface area contributed by atoms with E-state index in [1.165, 1.54) is 29.5 Å². The number of pyridine rings is 1. The van der Waals surface area contributed by atoms with Crippen molar-refractivity contribution in [1.82, 2.24) is 19.7 Å². The molecule has 0 radical (unpaired) electrons. The Morgan fingerprint density at radius 1 is 1.19 bits per heavy atom. The third-order valence-corrected chi connectivity index (χ3v) is 3.56. The second-order valence-electron chi connectivity index (χ2n) is 5.47. The monoisotopic (exact) mass is 373 g/mol. The molecule has 0 amide bonds. The summed E-state index contributed by atoms with van der Waals surface area (Å²) < 4.78 is 53.1. The average molecular weight is 373 g/mol. The van der Waals surface area contributed by atoms with E-state index in [0.29, 0.717) is 5.69 Å². The molecule has 3 rings (SSSR count). The molecule has 0 aliphatic heterocycles.